The normalized spacial score (nSPS) is 28.1. The first-order valence-electron chi connectivity index (χ1n) is 8.37. The molecule has 3 heteroatoms. The van der Waals surface area contributed by atoms with Crippen molar-refractivity contribution in [1.82, 2.24) is 15.5 Å². The molecule has 3 unspecified atom stereocenters. The molecule has 19 heavy (non-hydrogen) atoms. The van der Waals surface area contributed by atoms with Crippen LogP contribution >= 0.6 is 0 Å². The van der Waals surface area contributed by atoms with Crippen molar-refractivity contribution < 1.29 is 0 Å². The number of nitrogens with one attached hydrogen (secondary N) is 2. The minimum Gasteiger partial charge on any atom is -0.314 e. The highest BCUT2D eigenvalue weighted by Crippen LogP contribution is 2.18. The van der Waals surface area contributed by atoms with Crippen molar-refractivity contribution in [3.63, 3.8) is 0 Å². The SMILES string of the molecule is CC(CC1CCCN1)NCC(C(C)C)N1CCCC1. The largest absolute Gasteiger partial charge is 0.314 e. The van der Waals surface area contributed by atoms with Crippen LogP contribution in [0.3, 0.4) is 0 Å². The van der Waals surface area contributed by atoms with Gasteiger partial charge >= 0.3 is 0 Å². The van der Waals surface area contributed by atoms with Gasteiger partial charge in [0.2, 0.25) is 0 Å². The van der Waals surface area contributed by atoms with Crippen LogP contribution in [0.15, 0.2) is 0 Å². The fourth-order valence-corrected chi connectivity index (χ4v) is 3.65. The molecule has 2 heterocycles. The van der Waals surface area contributed by atoms with Crippen molar-refractivity contribution >= 4 is 0 Å². The standard InChI is InChI=1S/C16H33N3/c1-13(2)16(19-9-4-5-10-19)12-18-14(3)11-15-7-6-8-17-15/h13-18H,4-12H2,1-3H3. The van der Waals surface area contributed by atoms with E-state index < -0.39 is 0 Å². The van der Waals surface area contributed by atoms with E-state index in [1.807, 2.05) is 0 Å². The molecule has 0 saturated carbocycles. The van der Waals surface area contributed by atoms with E-state index in [0.717, 1.165) is 24.5 Å². The fraction of sp³-hybridized carbons (Fsp3) is 1.00. The average Bonchev–Trinajstić information content (AvgIpc) is 3.01. The van der Waals surface area contributed by atoms with E-state index in [2.05, 4.69) is 36.3 Å². The summed E-state index contributed by atoms with van der Waals surface area (Å²) in [6.45, 7) is 12.1. The molecule has 112 valence electrons. The lowest BCUT2D eigenvalue weighted by atomic mass is 10.0. The summed E-state index contributed by atoms with van der Waals surface area (Å²) in [5.74, 6) is 0.752. The van der Waals surface area contributed by atoms with Crippen LogP contribution in [-0.4, -0.2) is 49.2 Å². The maximum absolute atomic E-state index is 3.79. The van der Waals surface area contributed by atoms with Gasteiger partial charge in [0, 0.05) is 24.7 Å². The zero-order valence-corrected chi connectivity index (χ0v) is 13.1. The van der Waals surface area contributed by atoms with Gasteiger partial charge in [-0.2, -0.15) is 0 Å². The maximum Gasteiger partial charge on any atom is 0.0243 e. The summed E-state index contributed by atoms with van der Waals surface area (Å²) >= 11 is 0. The Hall–Kier alpha value is -0.120. The van der Waals surface area contributed by atoms with Crippen molar-refractivity contribution in [3.8, 4) is 0 Å². The topological polar surface area (TPSA) is 27.3 Å². The molecule has 0 radical (unpaired) electrons. The molecule has 2 aliphatic heterocycles. The van der Waals surface area contributed by atoms with Crippen molar-refractivity contribution in [3.05, 3.63) is 0 Å². The van der Waals surface area contributed by atoms with Gasteiger partial charge in [-0.05, 0) is 64.6 Å². The Balaban J connectivity index is 1.71. The summed E-state index contributed by atoms with van der Waals surface area (Å²) < 4.78 is 0. The van der Waals surface area contributed by atoms with Gasteiger partial charge in [-0.3, -0.25) is 4.90 Å². The summed E-state index contributed by atoms with van der Waals surface area (Å²) in [7, 11) is 0. The van der Waals surface area contributed by atoms with Gasteiger partial charge in [0.1, 0.15) is 0 Å². The van der Waals surface area contributed by atoms with Crippen molar-refractivity contribution in [2.75, 3.05) is 26.2 Å². The van der Waals surface area contributed by atoms with Crippen LogP contribution in [0.5, 0.6) is 0 Å². The second-order valence-electron chi connectivity index (χ2n) is 6.89. The Morgan fingerprint density at radius 2 is 1.89 bits per heavy atom. The zero-order chi connectivity index (χ0) is 13.7. The third kappa shape index (κ3) is 4.73. The summed E-state index contributed by atoms with van der Waals surface area (Å²) in [5.41, 5.74) is 0. The van der Waals surface area contributed by atoms with E-state index >= 15 is 0 Å². The van der Waals surface area contributed by atoms with Crippen molar-refractivity contribution in [2.45, 2.75) is 71.0 Å². The quantitative estimate of drug-likeness (QED) is 0.741. The summed E-state index contributed by atoms with van der Waals surface area (Å²) in [4.78, 5) is 2.69. The molecule has 2 saturated heterocycles. The highest BCUT2D eigenvalue weighted by Gasteiger charge is 2.25. The van der Waals surface area contributed by atoms with E-state index in [1.54, 1.807) is 0 Å². The van der Waals surface area contributed by atoms with E-state index in [1.165, 1.54) is 51.7 Å². The second kappa shape index (κ2) is 7.61. The Labute approximate surface area is 119 Å². The van der Waals surface area contributed by atoms with Crippen molar-refractivity contribution in [1.29, 1.82) is 0 Å². The van der Waals surface area contributed by atoms with Crippen LogP contribution in [0.25, 0.3) is 0 Å². The van der Waals surface area contributed by atoms with Gasteiger partial charge in [-0.15, -0.1) is 0 Å². The fourth-order valence-electron chi connectivity index (χ4n) is 3.65. The van der Waals surface area contributed by atoms with Crippen LogP contribution in [0, 0.1) is 5.92 Å². The molecule has 0 aliphatic carbocycles. The predicted molar refractivity (Wildman–Crippen MR) is 82.5 cm³/mol. The molecule has 0 aromatic carbocycles. The third-order valence-corrected chi connectivity index (χ3v) is 4.86. The smallest absolute Gasteiger partial charge is 0.0243 e. The number of hydrogen-bond acceptors (Lipinski definition) is 3. The summed E-state index contributed by atoms with van der Waals surface area (Å²) in [6.07, 6.45) is 6.80. The summed E-state index contributed by atoms with van der Waals surface area (Å²) in [6, 6.07) is 2.12. The highest BCUT2D eigenvalue weighted by molar-refractivity contribution is 4.83. The number of likely N-dealkylation sites (tertiary alicyclic amines) is 1. The van der Waals surface area contributed by atoms with Crippen LogP contribution in [-0.2, 0) is 0 Å². The van der Waals surface area contributed by atoms with Gasteiger partial charge in [0.25, 0.3) is 0 Å². The Bertz CT molecular complexity index is 242. The molecule has 0 bridgehead atoms. The molecule has 0 amide bonds. The maximum atomic E-state index is 3.79. The first-order valence-corrected chi connectivity index (χ1v) is 8.37. The number of nitrogens with zero attached hydrogens (tertiary/aromatic N) is 1. The second-order valence-corrected chi connectivity index (χ2v) is 6.89. The van der Waals surface area contributed by atoms with Gasteiger partial charge in [0.05, 0.1) is 0 Å². The van der Waals surface area contributed by atoms with Crippen LogP contribution in [0.1, 0.15) is 52.9 Å². The zero-order valence-electron chi connectivity index (χ0n) is 13.1. The summed E-state index contributed by atoms with van der Waals surface area (Å²) in [5, 5.41) is 7.39. The lowest BCUT2D eigenvalue weighted by Gasteiger charge is -2.32. The monoisotopic (exact) mass is 267 g/mol. The van der Waals surface area contributed by atoms with E-state index in [4.69, 9.17) is 0 Å². The molecule has 2 rings (SSSR count). The van der Waals surface area contributed by atoms with E-state index in [0.29, 0.717) is 6.04 Å². The minimum atomic E-state index is 0.638. The highest BCUT2D eigenvalue weighted by atomic mass is 15.2. The van der Waals surface area contributed by atoms with Crippen molar-refractivity contribution in [2.24, 2.45) is 5.92 Å². The Morgan fingerprint density at radius 3 is 2.47 bits per heavy atom. The van der Waals surface area contributed by atoms with Gasteiger partial charge in [0.15, 0.2) is 0 Å². The molecule has 0 aromatic heterocycles. The molecular weight excluding hydrogens is 234 g/mol. The molecule has 2 N–H and O–H groups in total. The van der Waals surface area contributed by atoms with Gasteiger partial charge in [-0.1, -0.05) is 13.8 Å². The van der Waals surface area contributed by atoms with Gasteiger partial charge in [-0.25, -0.2) is 0 Å². The molecule has 3 atom stereocenters. The minimum absolute atomic E-state index is 0.638. The van der Waals surface area contributed by atoms with Gasteiger partial charge < -0.3 is 10.6 Å². The van der Waals surface area contributed by atoms with Crippen LogP contribution in [0.2, 0.25) is 0 Å². The van der Waals surface area contributed by atoms with Crippen LogP contribution in [0.4, 0.5) is 0 Å². The lowest BCUT2D eigenvalue weighted by molar-refractivity contribution is 0.181. The average molecular weight is 267 g/mol. The number of hydrogen-bond donors (Lipinski definition) is 2. The number of rotatable bonds is 7. The first kappa shape index (κ1) is 15.3. The molecule has 0 spiro atoms. The molecule has 3 nitrogen and oxygen atoms in total. The third-order valence-electron chi connectivity index (χ3n) is 4.86. The molecule has 2 aliphatic rings. The molecular formula is C16H33N3. The lowest BCUT2D eigenvalue weighted by Crippen LogP contribution is -2.47. The molecule has 0 aromatic rings. The Kier molecular flexibility index (Phi) is 6.11. The predicted octanol–water partition coefficient (Wildman–Crippen LogP) is 2.23. The first-order chi connectivity index (χ1) is 9.16. The van der Waals surface area contributed by atoms with E-state index in [-0.39, 0.29) is 0 Å². The van der Waals surface area contributed by atoms with E-state index in [9.17, 15) is 0 Å². The molecule has 2 fully saturated rings. The Morgan fingerprint density at radius 1 is 1.16 bits per heavy atom. The van der Waals surface area contributed by atoms with Crippen LogP contribution < -0.4 is 10.6 Å².